The summed E-state index contributed by atoms with van der Waals surface area (Å²) >= 11 is 0. The third-order valence-corrected chi connectivity index (χ3v) is 5.31. The number of hydrogen-bond donors (Lipinski definition) is 1. The molecule has 0 bridgehead atoms. The second-order valence-electron chi connectivity index (χ2n) is 6.25. The molecule has 2 N–H and O–H groups in total. The lowest BCUT2D eigenvalue weighted by molar-refractivity contribution is 0.156. The zero-order valence-corrected chi connectivity index (χ0v) is 10.4. The molecular formula is C14H26N2. The number of likely N-dealkylation sites (tertiary alicyclic amines) is 1. The van der Waals surface area contributed by atoms with Crippen molar-refractivity contribution >= 4 is 0 Å². The van der Waals surface area contributed by atoms with Gasteiger partial charge in [-0.15, -0.1) is 0 Å². The van der Waals surface area contributed by atoms with Gasteiger partial charge in [0.1, 0.15) is 0 Å². The van der Waals surface area contributed by atoms with Gasteiger partial charge >= 0.3 is 0 Å². The summed E-state index contributed by atoms with van der Waals surface area (Å²) in [6, 6.07) is 1.43. The molecule has 16 heavy (non-hydrogen) atoms. The molecule has 3 rings (SSSR count). The molecule has 0 aromatic carbocycles. The average Bonchev–Trinajstić information content (AvgIpc) is 2.88. The zero-order chi connectivity index (χ0) is 11.0. The topological polar surface area (TPSA) is 29.3 Å². The SMILES string of the molecule is NC1CCCC1CN1CCC2CCCCC21. The van der Waals surface area contributed by atoms with E-state index in [4.69, 9.17) is 5.73 Å². The lowest BCUT2D eigenvalue weighted by Gasteiger charge is -2.34. The van der Waals surface area contributed by atoms with E-state index < -0.39 is 0 Å². The van der Waals surface area contributed by atoms with Gasteiger partial charge in [0.2, 0.25) is 0 Å². The maximum Gasteiger partial charge on any atom is 0.0124 e. The summed E-state index contributed by atoms with van der Waals surface area (Å²) in [5.74, 6) is 1.84. The Morgan fingerprint density at radius 2 is 1.81 bits per heavy atom. The molecule has 0 radical (unpaired) electrons. The fraction of sp³-hybridized carbons (Fsp3) is 1.00. The van der Waals surface area contributed by atoms with Crippen molar-refractivity contribution in [1.29, 1.82) is 0 Å². The zero-order valence-electron chi connectivity index (χ0n) is 10.4. The molecule has 0 aromatic heterocycles. The van der Waals surface area contributed by atoms with Gasteiger partial charge in [-0.3, -0.25) is 4.90 Å². The number of fused-ring (bicyclic) bond motifs is 1. The lowest BCUT2D eigenvalue weighted by Crippen LogP contribution is -2.41. The minimum Gasteiger partial charge on any atom is -0.327 e. The van der Waals surface area contributed by atoms with Crippen molar-refractivity contribution in [3.05, 3.63) is 0 Å². The Balaban J connectivity index is 1.58. The van der Waals surface area contributed by atoms with E-state index in [1.165, 1.54) is 64.5 Å². The van der Waals surface area contributed by atoms with E-state index in [9.17, 15) is 0 Å². The molecule has 0 spiro atoms. The fourth-order valence-corrected chi connectivity index (χ4v) is 4.32. The minimum atomic E-state index is 0.502. The van der Waals surface area contributed by atoms with E-state index in [1.54, 1.807) is 0 Å². The quantitative estimate of drug-likeness (QED) is 0.777. The van der Waals surface area contributed by atoms with Crippen molar-refractivity contribution in [3.63, 3.8) is 0 Å². The summed E-state index contributed by atoms with van der Waals surface area (Å²) in [5.41, 5.74) is 6.20. The van der Waals surface area contributed by atoms with E-state index in [0.717, 1.165) is 17.9 Å². The van der Waals surface area contributed by atoms with Gasteiger partial charge in [0.15, 0.2) is 0 Å². The van der Waals surface area contributed by atoms with Gasteiger partial charge in [-0.1, -0.05) is 19.3 Å². The second kappa shape index (κ2) is 4.66. The second-order valence-corrected chi connectivity index (χ2v) is 6.25. The summed E-state index contributed by atoms with van der Waals surface area (Å²) in [6.45, 7) is 2.67. The van der Waals surface area contributed by atoms with E-state index in [2.05, 4.69) is 4.90 Å². The van der Waals surface area contributed by atoms with Crippen molar-refractivity contribution < 1.29 is 0 Å². The maximum atomic E-state index is 6.20. The van der Waals surface area contributed by atoms with Crippen LogP contribution in [0.2, 0.25) is 0 Å². The third-order valence-electron chi connectivity index (χ3n) is 5.31. The van der Waals surface area contributed by atoms with Gasteiger partial charge in [0.25, 0.3) is 0 Å². The van der Waals surface area contributed by atoms with Crippen molar-refractivity contribution in [2.24, 2.45) is 17.6 Å². The van der Waals surface area contributed by atoms with E-state index >= 15 is 0 Å². The normalized spacial score (nSPS) is 44.8. The van der Waals surface area contributed by atoms with Crippen LogP contribution in [0.5, 0.6) is 0 Å². The first-order chi connectivity index (χ1) is 7.84. The molecule has 0 aromatic rings. The third kappa shape index (κ3) is 2.02. The molecule has 3 aliphatic rings. The molecule has 2 heteroatoms. The highest BCUT2D eigenvalue weighted by molar-refractivity contribution is 4.92. The Morgan fingerprint density at radius 3 is 2.62 bits per heavy atom. The largest absolute Gasteiger partial charge is 0.327 e. The van der Waals surface area contributed by atoms with Gasteiger partial charge in [-0.25, -0.2) is 0 Å². The summed E-state index contributed by atoms with van der Waals surface area (Å²) in [5, 5.41) is 0. The first-order valence-electron chi connectivity index (χ1n) is 7.34. The number of rotatable bonds is 2. The number of hydrogen-bond acceptors (Lipinski definition) is 2. The average molecular weight is 222 g/mol. The van der Waals surface area contributed by atoms with Crippen molar-refractivity contribution in [1.82, 2.24) is 4.90 Å². The Morgan fingerprint density at radius 1 is 0.938 bits per heavy atom. The van der Waals surface area contributed by atoms with Crippen LogP contribution in [0.3, 0.4) is 0 Å². The van der Waals surface area contributed by atoms with Crippen LogP contribution < -0.4 is 5.73 Å². The molecule has 1 heterocycles. The number of nitrogens with zero attached hydrogens (tertiary/aromatic N) is 1. The van der Waals surface area contributed by atoms with Crippen LogP contribution in [0, 0.1) is 11.8 Å². The molecule has 0 amide bonds. The molecular weight excluding hydrogens is 196 g/mol. The molecule has 4 atom stereocenters. The highest BCUT2D eigenvalue weighted by Gasteiger charge is 2.37. The molecule has 2 saturated carbocycles. The van der Waals surface area contributed by atoms with Gasteiger partial charge in [0, 0.05) is 18.6 Å². The minimum absolute atomic E-state index is 0.502. The van der Waals surface area contributed by atoms with Crippen LogP contribution >= 0.6 is 0 Å². The summed E-state index contributed by atoms with van der Waals surface area (Å²) in [4.78, 5) is 2.79. The Hall–Kier alpha value is -0.0800. The molecule has 2 nitrogen and oxygen atoms in total. The monoisotopic (exact) mass is 222 g/mol. The van der Waals surface area contributed by atoms with Crippen LogP contribution in [-0.2, 0) is 0 Å². The fourth-order valence-electron chi connectivity index (χ4n) is 4.32. The van der Waals surface area contributed by atoms with E-state index in [-0.39, 0.29) is 0 Å². The Labute approximate surface area is 99.6 Å². The van der Waals surface area contributed by atoms with Crippen LogP contribution in [0.25, 0.3) is 0 Å². The van der Waals surface area contributed by atoms with Crippen molar-refractivity contribution in [3.8, 4) is 0 Å². The molecule has 1 saturated heterocycles. The smallest absolute Gasteiger partial charge is 0.0124 e. The van der Waals surface area contributed by atoms with Crippen LogP contribution in [-0.4, -0.2) is 30.1 Å². The predicted molar refractivity (Wildman–Crippen MR) is 67.3 cm³/mol. The molecule has 2 aliphatic carbocycles. The summed E-state index contributed by atoms with van der Waals surface area (Å²) in [7, 11) is 0. The van der Waals surface area contributed by atoms with Crippen molar-refractivity contribution in [2.45, 2.75) is 63.5 Å². The standard InChI is InChI=1S/C14H26N2/c15-13-6-3-5-12(13)10-16-9-8-11-4-1-2-7-14(11)16/h11-14H,1-10,15H2. The van der Waals surface area contributed by atoms with Crippen molar-refractivity contribution in [2.75, 3.05) is 13.1 Å². The molecule has 3 fully saturated rings. The van der Waals surface area contributed by atoms with Crippen LogP contribution in [0.15, 0.2) is 0 Å². The maximum absolute atomic E-state index is 6.20. The number of nitrogens with two attached hydrogens (primary N) is 1. The molecule has 4 unspecified atom stereocenters. The van der Waals surface area contributed by atoms with Gasteiger partial charge < -0.3 is 5.73 Å². The summed E-state index contributed by atoms with van der Waals surface area (Å²) < 4.78 is 0. The van der Waals surface area contributed by atoms with Gasteiger partial charge in [-0.2, -0.15) is 0 Å². The first-order valence-corrected chi connectivity index (χ1v) is 7.34. The van der Waals surface area contributed by atoms with Crippen LogP contribution in [0.4, 0.5) is 0 Å². The highest BCUT2D eigenvalue weighted by Crippen LogP contribution is 2.37. The highest BCUT2D eigenvalue weighted by atomic mass is 15.2. The summed E-state index contributed by atoms with van der Waals surface area (Å²) in [6.07, 6.45) is 11.4. The van der Waals surface area contributed by atoms with Gasteiger partial charge in [-0.05, 0) is 50.5 Å². The Kier molecular flexibility index (Phi) is 3.21. The first kappa shape index (κ1) is 11.0. The predicted octanol–water partition coefficient (Wildman–Crippen LogP) is 2.38. The van der Waals surface area contributed by atoms with Gasteiger partial charge in [0.05, 0.1) is 0 Å². The molecule has 1 aliphatic heterocycles. The lowest BCUT2D eigenvalue weighted by atomic mass is 9.85. The Bertz CT molecular complexity index is 241. The van der Waals surface area contributed by atoms with Crippen LogP contribution in [0.1, 0.15) is 51.4 Å². The molecule has 92 valence electrons. The van der Waals surface area contributed by atoms with E-state index in [0.29, 0.717) is 6.04 Å². The van der Waals surface area contributed by atoms with E-state index in [1.807, 2.05) is 0 Å².